The van der Waals surface area contributed by atoms with Gasteiger partial charge in [-0.25, -0.2) is 19.6 Å². The van der Waals surface area contributed by atoms with Gasteiger partial charge in [0.15, 0.2) is 6.10 Å². The van der Waals surface area contributed by atoms with E-state index in [9.17, 15) is 19.2 Å². The number of ether oxygens (including phenoxy) is 2. The summed E-state index contributed by atoms with van der Waals surface area (Å²) in [6, 6.07) is 14.9. The van der Waals surface area contributed by atoms with Gasteiger partial charge in [0.2, 0.25) is 5.91 Å². The minimum absolute atomic E-state index is 0.163. The number of primary amides is 1. The molecule has 17 heteroatoms. The number of carbonyl (C=O) groups is 4. The molecule has 2 aliphatic heterocycles. The molecule has 2 fully saturated rings. The van der Waals surface area contributed by atoms with Crippen LogP contribution in [0.5, 0.6) is 0 Å². The first-order chi connectivity index (χ1) is 27.1. The van der Waals surface area contributed by atoms with Crippen LogP contribution in [0.15, 0.2) is 67.1 Å². The van der Waals surface area contributed by atoms with Gasteiger partial charge in [-0.05, 0) is 53.9 Å². The van der Waals surface area contributed by atoms with Gasteiger partial charge in [-0.15, -0.1) is 0 Å². The number of rotatable bonds is 12. The van der Waals surface area contributed by atoms with E-state index in [0.717, 1.165) is 59.3 Å². The summed E-state index contributed by atoms with van der Waals surface area (Å²) in [6.45, 7) is 4.71. The van der Waals surface area contributed by atoms with Crippen molar-refractivity contribution in [2.75, 3.05) is 20.2 Å². The van der Waals surface area contributed by atoms with E-state index >= 15 is 0 Å². The number of aromatic amines is 3. The molecular formula is C39H45N11O6. The van der Waals surface area contributed by atoms with Gasteiger partial charge in [0, 0.05) is 19.5 Å². The van der Waals surface area contributed by atoms with Gasteiger partial charge in [0.25, 0.3) is 5.91 Å². The summed E-state index contributed by atoms with van der Waals surface area (Å²) >= 11 is 0. The predicted octanol–water partition coefficient (Wildman–Crippen LogP) is 4.67. The van der Waals surface area contributed by atoms with Crippen LogP contribution in [0.3, 0.4) is 0 Å². The quantitative estimate of drug-likeness (QED) is 0.118. The molecular weight excluding hydrogens is 718 g/mol. The number of nitrogens with one attached hydrogen (secondary N) is 4. The largest absolute Gasteiger partial charge is 0.453 e. The van der Waals surface area contributed by atoms with E-state index in [1.165, 1.54) is 13.3 Å². The number of carbonyl (C=O) groups excluding carboxylic acids is 4. The van der Waals surface area contributed by atoms with Crippen LogP contribution in [-0.4, -0.2) is 101 Å². The maximum atomic E-state index is 13.7. The van der Waals surface area contributed by atoms with E-state index in [4.69, 9.17) is 15.2 Å². The van der Waals surface area contributed by atoms with E-state index in [-0.39, 0.29) is 36.2 Å². The van der Waals surface area contributed by atoms with Gasteiger partial charge in [0.1, 0.15) is 17.7 Å². The first-order valence-electron chi connectivity index (χ1n) is 18.7. The van der Waals surface area contributed by atoms with Crippen LogP contribution in [0.25, 0.3) is 33.6 Å². The third-order valence-corrected chi connectivity index (χ3v) is 10.4. The van der Waals surface area contributed by atoms with Crippen LogP contribution >= 0.6 is 0 Å². The lowest BCUT2D eigenvalue weighted by Gasteiger charge is -2.29. The third-order valence-electron chi connectivity index (χ3n) is 10.4. The molecule has 4 atom stereocenters. The zero-order valence-corrected chi connectivity index (χ0v) is 31.4. The molecule has 4 amide bonds. The predicted molar refractivity (Wildman–Crippen MR) is 203 cm³/mol. The summed E-state index contributed by atoms with van der Waals surface area (Å²) in [5.74, 6) is 0.622. The second-order valence-electron chi connectivity index (χ2n) is 14.4. The Bertz CT molecular complexity index is 2150. The number of likely N-dealkylation sites (tertiary alicyclic amines) is 2. The topological polar surface area (TPSA) is 230 Å². The van der Waals surface area contributed by atoms with E-state index in [1.807, 2.05) is 38.1 Å². The fourth-order valence-electron chi connectivity index (χ4n) is 7.51. The second kappa shape index (κ2) is 16.5. The Labute approximate surface area is 322 Å². The Morgan fingerprint density at radius 1 is 0.804 bits per heavy atom. The standard InChI is InChI=1S/C39H45N11O6/c1-22(2)33(56-38(40)53)37(52)50-17-5-7-32(50)35-42-21-30(45-35)26-14-10-24(11-15-26)23-8-12-25(13-9-23)29-20-41-34(44-29)31-6-4-16-49(31)36(51)28(46-39(54)55-3)18-27-19-43-48-47-27/h8-15,19-22,28,31-33H,4-7,16-18H2,1-3H3,(H2,40,53)(H,41,44)(H,42,45)(H,46,54)(H,43,47,48)/t28-,31-,32-,33-/m0/s1. The Hall–Kier alpha value is -6.52. The van der Waals surface area contributed by atoms with Crippen molar-refractivity contribution in [1.82, 2.24) is 50.5 Å². The van der Waals surface area contributed by atoms with Gasteiger partial charge < -0.3 is 40.3 Å². The van der Waals surface area contributed by atoms with Crippen LogP contribution in [0.1, 0.15) is 69.0 Å². The summed E-state index contributed by atoms with van der Waals surface area (Å²) in [4.78, 5) is 70.3. The highest BCUT2D eigenvalue weighted by atomic mass is 16.6. The second-order valence-corrected chi connectivity index (χ2v) is 14.4. The summed E-state index contributed by atoms with van der Waals surface area (Å²) in [5.41, 5.74) is 11.4. The normalized spacial score (nSPS) is 17.9. The highest BCUT2D eigenvalue weighted by Gasteiger charge is 2.39. The maximum Gasteiger partial charge on any atom is 0.407 e. The smallest absolute Gasteiger partial charge is 0.407 e. The molecule has 3 aromatic heterocycles. The lowest BCUT2D eigenvalue weighted by molar-refractivity contribution is -0.143. The molecule has 0 bridgehead atoms. The molecule has 292 valence electrons. The van der Waals surface area contributed by atoms with Crippen LogP contribution in [0.4, 0.5) is 9.59 Å². The van der Waals surface area contributed by atoms with Gasteiger partial charge >= 0.3 is 12.2 Å². The summed E-state index contributed by atoms with van der Waals surface area (Å²) < 4.78 is 9.94. The Kier molecular flexibility index (Phi) is 11.1. The van der Waals surface area contributed by atoms with Gasteiger partial charge in [-0.2, -0.15) is 15.4 Å². The zero-order valence-electron chi connectivity index (χ0n) is 31.4. The van der Waals surface area contributed by atoms with Crippen molar-refractivity contribution >= 4 is 24.0 Å². The number of benzene rings is 2. The van der Waals surface area contributed by atoms with Gasteiger partial charge in [0.05, 0.1) is 54.9 Å². The van der Waals surface area contributed by atoms with E-state index < -0.39 is 24.3 Å². The molecule has 5 heterocycles. The van der Waals surface area contributed by atoms with Crippen molar-refractivity contribution in [2.24, 2.45) is 11.7 Å². The number of hydrogen-bond acceptors (Lipinski definition) is 10. The summed E-state index contributed by atoms with van der Waals surface area (Å²) in [5, 5.41) is 13.0. The van der Waals surface area contributed by atoms with E-state index in [0.29, 0.717) is 30.4 Å². The molecule has 6 N–H and O–H groups in total. The minimum Gasteiger partial charge on any atom is -0.453 e. The average Bonchev–Trinajstić information content (AvgIpc) is 4.05. The molecule has 17 nitrogen and oxygen atoms in total. The number of nitrogens with zero attached hydrogens (tertiary/aromatic N) is 6. The molecule has 0 radical (unpaired) electrons. The molecule has 7 rings (SSSR count). The molecule has 0 aliphatic carbocycles. The Morgan fingerprint density at radius 3 is 1.79 bits per heavy atom. The molecule has 2 saturated heterocycles. The minimum atomic E-state index is -0.967. The first kappa shape index (κ1) is 37.8. The number of alkyl carbamates (subject to hydrolysis) is 1. The highest BCUT2D eigenvalue weighted by Crippen LogP contribution is 2.35. The average molecular weight is 764 g/mol. The Balaban J connectivity index is 1.00. The van der Waals surface area contributed by atoms with Crippen molar-refractivity contribution in [3.8, 4) is 33.6 Å². The lowest BCUT2D eigenvalue weighted by atomic mass is 10.0. The SMILES string of the molecule is COC(=O)N[C@@H](Cc1cn[nH]n1)C(=O)N1CCC[C@H]1c1ncc(-c2ccc(-c3ccc(-c4cnc([C@@H]5CCCN5C(=O)[C@@H](OC(N)=O)C(C)C)[nH]4)cc3)cc2)[nH]1. The van der Waals surface area contributed by atoms with Crippen LogP contribution in [0, 0.1) is 5.92 Å². The molecule has 2 aromatic carbocycles. The molecule has 0 saturated carbocycles. The monoisotopic (exact) mass is 763 g/mol. The third kappa shape index (κ3) is 8.11. The number of hydrogen-bond donors (Lipinski definition) is 5. The van der Waals surface area contributed by atoms with Crippen LogP contribution in [-0.2, 0) is 25.5 Å². The van der Waals surface area contributed by atoms with Gasteiger partial charge in [-0.3, -0.25) is 9.59 Å². The van der Waals surface area contributed by atoms with Gasteiger partial charge in [-0.1, -0.05) is 62.4 Å². The fourth-order valence-corrected chi connectivity index (χ4v) is 7.51. The first-order valence-corrected chi connectivity index (χ1v) is 18.7. The van der Waals surface area contributed by atoms with Crippen molar-refractivity contribution in [1.29, 1.82) is 0 Å². The zero-order chi connectivity index (χ0) is 39.3. The van der Waals surface area contributed by atoms with Crippen molar-refractivity contribution in [3.05, 3.63) is 84.5 Å². The number of methoxy groups -OCH3 is 1. The molecule has 0 spiro atoms. The van der Waals surface area contributed by atoms with E-state index in [1.54, 1.807) is 22.2 Å². The fraction of sp³-hybridized carbons (Fsp3) is 0.385. The van der Waals surface area contributed by atoms with Crippen molar-refractivity contribution < 1.29 is 28.7 Å². The number of aromatic nitrogens is 7. The number of H-pyrrole nitrogens is 3. The molecule has 0 unspecified atom stereocenters. The number of amides is 4. The Morgan fingerprint density at radius 2 is 1.32 bits per heavy atom. The molecule has 2 aliphatic rings. The molecule has 56 heavy (non-hydrogen) atoms. The van der Waals surface area contributed by atoms with Crippen molar-refractivity contribution in [2.45, 2.75) is 70.2 Å². The summed E-state index contributed by atoms with van der Waals surface area (Å²) in [7, 11) is 1.25. The van der Waals surface area contributed by atoms with Crippen LogP contribution < -0.4 is 11.1 Å². The molecule has 5 aromatic rings. The van der Waals surface area contributed by atoms with Crippen molar-refractivity contribution in [3.63, 3.8) is 0 Å². The van der Waals surface area contributed by atoms with E-state index in [2.05, 4.69) is 64.9 Å². The summed E-state index contributed by atoms with van der Waals surface area (Å²) in [6.07, 6.45) is 5.70. The number of imidazole rings is 2. The lowest BCUT2D eigenvalue weighted by Crippen LogP contribution is -2.49. The van der Waals surface area contributed by atoms with Crippen LogP contribution in [0.2, 0.25) is 0 Å². The maximum absolute atomic E-state index is 13.7. The number of nitrogens with two attached hydrogens (primary N) is 1. The highest BCUT2D eigenvalue weighted by molar-refractivity contribution is 5.86.